The van der Waals surface area contributed by atoms with Crippen molar-refractivity contribution < 1.29 is 9.84 Å². The molecule has 0 aliphatic carbocycles. The van der Waals surface area contributed by atoms with E-state index < -0.39 is 6.10 Å². The van der Waals surface area contributed by atoms with Crippen molar-refractivity contribution in [2.75, 3.05) is 31.3 Å². The molecule has 0 radical (unpaired) electrons. The van der Waals surface area contributed by atoms with Gasteiger partial charge >= 0.3 is 0 Å². The quantitative estimate of drug-likeness (QED) is 0.712. The minimum atomic E-state index is -0.598. The van der Waals surface area contributed by atoms with Crippen LogP contribution in [0.1, 0.15) is 0 Å². The van der Waals surface area contributed by atoms with Crippen LogP contribution in [-0.2, 0) is 4.74 Å². The molecule has 1 atom stereocenters. The first-order chi connectivity index (χ1) is 7.54. The number of rotatable bonds is 5. The predicted octanol–water partition coefficient (Wildman–Crippen LogP) is 1.99. The molecule has 6 heteroatoms. The summed E-state index contributed by atoms with van der Waals surface area (Å²) >= 11 is 11.6. The summed E-state index contributed by atoms with van der Waals surface area (Å²) in [6, 6.07) is 3.19. The standard InChI is InChI=1S/C10H14Cl2N2O2/c1-16-5-6(15)4-14-10-3-8(12)7(11)2-9(10)13/h2-3,6,14-15H,4-5,13H2,1H3. The molecule has 4 N–H and O–H groups in total. The smallest absolute Gasteiger partial charge is 0.0945 e. The number of aliphatic hydroxyl groups is 1. The summed E-state index contributed by atoms with van der Waals surface area (Å²) in [4.78, 5) is 0. The SMILES string of the molecule is COCC(O)CNc1cc(Cl)c(Cl)cc1N. The average molecular weight is 265 g/mol. The molecule has 1 rings (SSSR count). The molecule has 0 spiro atoms. The normalized spacial score (nSPS) is 12.5. The number of hydrogen-bond acceptors (Lipinski definition) is 4. The lowest BCUT2D eigenvalue weighted by Crippen LogP contribution is -2.24. The van der Waals surface area contributed by atoms with Crippen LogP contribution in [0.3, 0.4) is 0 Å². The average Bonchev–Trinajstić information content (AvgIpc) is 2.22. The molecule has 0 heterocycles. The van der Waals surface area contributed by atoms with Crippen molar-refractivity contribution in [3.05, 3.63) is 22.2 Å². The molecule has 0 aliphatic heterocycles. The highest BCUT2D eigenvalue weighted by atomic mass is 35.5. The van der Waals surface area contributed by atoms with Gasteiger partial charge in [0.05, 0.1) is 34.1 Å². The molecule has 1 aromatic carbocycles. The number of nitrogens with one attached hydrogen (secondary N) is 1. The molecule has 4 nitrogen and oxygen atoms in total. The molecule has 0 aliphatic rings. The summed E-state index contributed by atoms with van der Waals surface area (Å²) in [5, 5.41) is 13.2. The molecule has 0 amide bonds. The number of hydrogen-bond donors (Lipinski definition) is 3. The summed E-state index contributed by atoms with van der Waals surface area (Å²) in [6.45, 7) is 0.588. The van der Waals surface area contributed by atoms with Gasteiger partial charge in [-0.05, 0) is 12.1 Å². The van der Waals surface area contributed by atoms with Gasteiger partial charge < -0.3 is 20.9 Å². The summed E-state index contributed by atoms with van der Waals surface area (Å²) < 4.78 is 4.80. The maximum absolute atomic E-state index is 9.44. The third-order valence-corrected chi connectivity index (χ3v) is 2.70. The summed E-state index contributed by atoms with van der Waals surface area (Å²) in [7, 11) is 1.52. The molecule has 16 heavy (non-hydrogen) atoms. The van der Waals surface area contributed by atoms with E-state index in [0.717, 1.165) is 0 Å². The molecule has 0 saturated heterocycles. The molecule has 0 saturated carbocycles. The van der Waals surface area contributed by atoms with Crippen LogP contribution in [0, 0.1) is 0 Å². The van der Waals surface area contributed by atoms with Crippen molar-refractivity contribution in [1.82, 2.24) is 0 Å². The topological polar surface area (TPSA) is 67.5 Å². The van der Waals surface area contributed by atoms with Crippen molar-refractivity contribution in [1.29, 1.82) is 0 Å². The van der Waals surface area contributed by atoms with E-state index in [1.807, 2.05) is 0 Å². The third kappa shape index (κ3) is 3.72. The second-order valence-corrected chi connectivity index (χ2v) is 4.16. The van der Waals surface area contributed by atoms with Crippen LogP contribution in [0.4, 0.5) is 11.4 Å². The van der Waals surface area contributed by atoms with Crippen LogP contribution in [0.25, 0.3) is 0 Å². The first kappa shape index (κ1) is 13.4. The third-order valence-electron chi connectivity index (χ3n) is 1.98. The minimum absolute atomic E-state index is 0.258. The highest BCUT2D eigenvalue weighted by molar-refractivity contribution is 6.42. The number of aliphatic hydroxyl groups excluding tert-OH is 1. The highest BCUT2D eigenvalue weighted by Gasteiger charge is 2.07. The second kappa shape index (κ2) is 6.15. The molecule has 1 aromatic rings. The monoisotopic (exact) mass is 264 g/mol. The second-order valence-electron chi connectivity index (χ2n) is 3.34. The van der Waals surface area contributed by atoms with Crippen LogP contribution in [0.15, 0.2) is 12.1 Å². The number of ether oxygens (including phenoxy) is 1. The minimum Gasteiger partial charge on any atom is -0.397 e. The zero-order chi connectivity index (χ0) is 12.1. The van der Waals surface area contributed by atoms with Gasteiger partial charge in [-0.1, -0.05) is 23.2 Å². The van der Waals surface area contributed by atoms with Gasteiger partial charge in [-0.15, -0.1) is 0 Å². The van der Waals surface area contributed by atoms with Gasteiger partial charge in [0.1, 0.15) is 0 Å². The molecule has 0 aromatic heterocycles. The van der Waals surface area contributed by atoms with Gasteiger partial charge in [0.25, 0.3) is 0 Å². The van der Waals surface area contributed by atoms with E-state index in [2.05, 4.69) is 5.32 Å². The largest absolute Gasteiger partial charge is 0.397 e. The lowest BCUT2D eigenvalue weighted by Gasteiger charge is -2.14. The fraction of sp³-hybridized carbons (Fsp3) is 0.400. The van der Waals surface area contributed by atoms with Gasteiger partial charge in [0.2, 0.25) is 0 Å². The van der Waals surface area contributed by atoms with Gasteiger partial charge in [-0.3, -0.25) is 0 Å². The number of anilines is 2. The van der Waals surface area contributed by atoms with E-state index in [-0.39, 0.29) is 6.61 Å². The first-order valence-corrected chi connectivity index (χ1v) is 5.45. The number of methoxy groups -OCH3 is 1. The lowest BCUT2D eigenvalue weighted by atomic mass is 10.2. The molecular formula is C10H14Cl2N2O2. The van der Waals surface area contributed by atoms with Crippen molar-refractivity contribution in [2.24, 2.45) is 0 Å². The Kier molecular flexibility index (Phi) is 5.15. The van der Waals surface area contributed by atoms with Crippen molar-refractivity contribution in [3.8, 4) is 0 Å². The fourth-order valence-electron chi connectivity index (χ4n) is 1.19. The maximum Gasteiger partial charge on any atom is 0.0945 e. The van der Waals surface area contributed by atoms with Gasteiger partial charge in [-0.2, -0.15) is 0 Å². The highest BCUT2D eigenvalue weighted by Crippen LogP contribution is 2.30. The van der Waals surface area contributed by atoms with Crippen LogP contribution in [0.2, 0.25) is 10.0 Å². The summed E-state index contributed by atoms with van der Waals surface area (Å²) in [5.74, 6) is 0. The Morgan fingerprint density at radius 1 is 1.44 bits per heavy atom. The Morgan fingerprint density at radius 2 is 2.06 bits per heavy atom. The Labute approximate surface area is 104 Å². The van der Waals surface area contributed by atoms with Crippen molar-refractivity contribution >= 4 is 34.6 Å². The number of benzene rings is 1. The number of nitrogens with two attached hydrogens (primary N) is 1. The fourth-order valence-corrected chi connectivity index (χ4v) is 1.53. The Balaban J connectivity index is 2.63. The zero-order valence-corrected chi connectivity index (χ0v) is 10.3. The maximum atomic E-state index is 9.44. The number of nitrogen functional groups attached to an aromatic ring is 1. The van der Waals surface area contributed by atoms with Crippen LogP contribution >= 0.6 is 23.2 Å². The molecule has 90 valence electrons. The van der Waals surface area contributed by atoms with Crippen LogP contribution in [0.5, 0.6) is 0 Å². The molecule has 0 fully saturated rings. The van der Waals surface area contributed by atoms with E-state index in [9.17, 15) is 5.11 Å². The first-order valence-electron chi connectivity index (χ1n) is 4.70. The Bertz CT molecular complexity index is 361. The van der Waals surface area contributed by atoms with Crippen molar-refractivity contribution in [2.45, 2.75) is 6.10 Å². The van der Waals surface area contributed by atoms with E-state index in [1.165, 1.54) is 7.11 Å². The lowest BCUT2D eigenvalue weighted by molar-refractivity contribution is 0.0728. The predicted molar refractivity (Wildman–Crippen MR) is 67.2 cm³/mol. The van der Waals surface area contributed by atoms with Crippen LogP contribution < -0.4 is 11.1 Å². The number of halogens is 2. The molecule has 0 bridgehead atoms. The van der Waals surface area contributed by atoms with Gasteiger partial charge in [0.15, 0.2) is 0 Å². The zero-order valence-electron chi connectivity index (χ0n) is 8.84. The molecular weight excluding hydrogens is 251 g/mol. The van der Waals surface area contributed by atoms with Gasteiger partial charge in [0, 0.05) is 13.7 Å². The van der Waals surface area contributed by atoms with E-state index in [0.29, 0.717) is 28.0 Å². The van der Waals surface area contributed by atoms with Crippen LogP contribution in [-0.4, -0.2) is 31.5 Å². The van der Waals surface area contributed by atoms with E-state index in [4.69, 9.17) is 33.7 Å². The summed E-state index contributed by atoms with van der Waals surface area (Å²) in [6.07, 6.45) is -0.598. The van der Waals surface area contributed by atoms with E-state index in [1.54, 1.807) is 12.1 Å². The Morgan fingerprint density at radius 3 is 2.69 bits per heavy atom. The van der Waals surface area contributed by atoms with Gasteiger partial charge in [-0.25, -0.2) is 0 Å². The molecule has 1 unspecified atom stereocenters. The van der Waals surface area contributed by atoms with Crippen molar-refractivity contribution in [3.63, 3.8) is 0 Å². The van der Waals surface area contributed by atoms with E-state index >= 15 is 0 Å². The summed E-state index contributed by atoms with van der Waals surface area (Å²) in [5.41, 5.74) is 6.86. The Hall–Kier alpha value is -0.680.